The zero-order valence-electron chi connectivity index (χ0n) is 7.01. The van der Waals surface area contributed by atoms with Crippen molar-refractivity contribution in [1.82, 2.24) is 0 Å². The third-order valence-electron chi connectivity index (χ3n) is 1.81. The van der Waals surface area contributed by atoms with E-state index in [1.54, 1.807) is 0 Å². The molecule has 0 unspecified atom stereocenters. The molecule has 0 nitrogen and oxygen atoms in total. The minimum Gasteiger partial charge on any atom is -0.174 e. The molecule has 0 aromatic heterocycles. The van der Waals surface area contributed by atoms with Gasteiger partial charge in [0.05, 0.1) is 0 Å². The van der Waals surface area contributed by atoms with Crippen LogP contribution in [-0.4, -0.2) is 36.3 Å². The van der Waals surface area contributed by atoms with E-state index in [9.17, 15) is 0 Å². The lowest BCUT2D eigenvalue weighted by atomic mass is 10.5. The lowest BCUT2D eigenvalue weighted by Gasteiger charge is -2.40. The summed E-state index contributed by atoms with van der Waals surface area (Å²) in [5.74, 6) is 4.81. The minimum absolute atomic E-state index is 0.387. The zero-order valence-corrected chi connectivity index (χ0v) is 12.1. The Morgan fingerprint density at radius 2 is 1.08 bits per heavy atom. The van der Waals surface area contributed by atoms with Crippen molar-refractivity contribution in [2.45, 2.75) is 13.2 Å². The zero-order chi connectivity index (χ0) is 9.31. The first-order valence-corrected chi connectivity index (χ1v) is 9.10. The monoisotopic (exact) mass is 288 g/mol. The van der Waals surface area contributed by atoms with Gasteiger partial charge in [-0.15, -0.1) is 47.0 Å². The molecule has 0 aromatic carbocycles. The van der Waals surface area contributed by atoms with Crippen molar-refractivity contribution >= 4 is 72.3 Å². The van der Waals surface area contributed by atoms with Crippen LogP contribution in [0.1, 0.15) is 0 Å². The van der Waals surface area contributed by atoms with Crippen LogP contribution < -0.4 is 0 Å². The summed E-state index contributed by atoms with van der Waals surface area (Å²) in [5, 5.41) is 1.19. The highest BCUT2D eigenvalue weighted by Gasteiger charge is 2.40. The molecule has 2 saturated heterocycles. The number of thioether (sulfide) groups is 4. The van der Waals surface area contributed by atoms with Crippen molar-refractivity contribution < 1.29 is 0 Å². The topological polar surface area (TPSA) is 0 Å². The standard InChI is InChI=1S/C7H12S6/c8-5-1-10-7(11-2-5)12-3-6(9)4-13-7/h5-6,8-9H,1-4H2. The molecule has 13 heavy (non-hydrogen) atoms. The van der Waals surface area contributed by atoms with Gasteiger partial charge in [-0.1, -0.05) is 0 Å². The van der Waals surface area contributed by atoms with Gasteiger partial charge in [-0.3, -0.25) is 0 Å². The minimum atomic E-state index is 0.387. The molecule has 0 aliphatic carbocycles. The van der Waals surface area contributed by atoms with E-state index >= 15 is 0 Å². The Hall–Kier alpha value is 2.10. The average Bonchev–Trinajstić information content (AvgIpc) is 2.16. The summed E-state index contributed by atoms with van der Waals surface area (Å²) in [6.07, 6.45) is 0. The summed E-state index contributed by atoms with van der Waals surface area (Å²) in [4.78, 5) is 0. The van der Waals surface area contributed by atoms with Crippen molar-refractivity contribution in [3.63, 3.8) is 0 Å². The van der Waals surface area contributed by atoms with E-state index in [0.29, 0.717) is 13.2 Å². The highest BCUT2D eigenvalue weighted by atomic mass is 32.3. The maximum Gasteiger partial charge on any atom is 0.153 e. The largest absolute Gasteiger partial charge is 0.174 e. The molecule has 1 spiro atoms. The van der Waals surface area contributed by atoms with Crippen molar-refractivity contribution in [2.24, 2.45) is 0 Å². The highest BCUT2D eigenvalue weighted by molar-refractivity contribution is 8.48. The van der Waals surface area contributed by atoms with E-state index in [0.717, 1.165) is 0 Å². The van der Waals surface area contributed by atoms with Gasteiger partial charge in [0, 0.05) is 33.5 Å². The first-order chi connectivity index (χ1) is 6.20. The number of rotatable bonds is 0. The Bertz CT molecular complexity index is 144. The van der Waals surface area contributed by atoms with Crippen LogP contribution in [0.3, 0.4) is 0 Å². The van der Waals surface area contributed by atoms with Crippen molar-refractivity contribution in [3.05, 3.63) is 0 Å². The molecule has 0 atom stereocenters. The van der Waals surface area contributed by atoms with Crippen LogP contribution >= 0.6 is 72.3 Å². The predicted molar refractivity (Wildman–Crippen MR) is 78.1 cm³/mol. The Kier molecular flexibility index (Phi) is 4.41. The molecule has 2 rings (SSSR count). The Balaban J connectivity index is 1.90. The second-order valence-electron chi connectivity index (χ2n) is 3.05. The number of hydrogen-bond acceptors (Lipinski definition) is 6. The molecular weight excluding hydrogens is 276 g/mol. The fourth-order valence-corrected chi connectivity index (χ4v) is 8.84. The second kappa shape index (κ2) is 4.95. The van der Waals surface area contributed by atoms with Crippen LogP contribution in [0.25, 0.3) is 0 Å². The van der Waals surface area contributed by atoms with E-state index in [4.69, 9.17) is 0 Å². The van der Waals surface area contributed by atoms with Gasteiger partial charge in [-0.25, -0.2) is 0 Å². The average molecular weight is 289 g/mol. The Labute approximate surface area is 108 Å². The van der Waals surface area contributed by atoms with Crippen LogP contribution in [0.5, 0.6) is 0 Å². The van der Waals surface area contributed by atoms with E-state index in [1.807, 2.05) is 0 Å². The molecule has 2 fully saturated rings. The number of thiol groups is 2. The molecule has 6 heteroatoms. The Morgan fingerprint density at radius 3 is 1.38 bits per heavy atom. The number of hydrogen-bond donors (Lipinski definition) is 2. The first kappa shape index (κ1) is 11.6. The van der Waals surface area contributed by atoms with E-state index in [2.05, 4.69) is 72.3 Å². The highest BCUT2D eigenvalue weighted by Crippen LogP contribution is 2.60. The van der Waals surface area contributed by atoms with Gasteiger partial charge in [0.1, 0.15) is 0 Å². The third kappa shape index (κ3) is 3.03. The van der Waals surface area contributed by atoms with Crippen LogP contribution in [0, 0.1) is 0 Å². The third-order valence-corrected chi connectivity index (χ3v) is 11.5. The van der Waals surface area contributed by atoms with Gasteiger partial charge in [0.2, 0.25) is 0 Å². The Morgan fingerprint density at radius 1 is 0.769 bits per heavy atom. The van der Waals surface area contributed by atoms with Gasteiger partial charge in [0.15, 0.2) is 2.74 Å². The maximum absolute atomic E-state index is 4.51. The van der Waals surface area contributed by atoms with Crippen LogP contribution in [0.2, 0.25) is 0 Å². The molecule has 0 saturated carbocycles. The van der Waals surface area contributed by atoms with Crippen molar-refractivity contribution in [3.8, 4) is 0 Å². The molecule has 2 aliphatic heterocycles. The lowest BCUT2D eigenvalue weighted by Crippen LogP contribution is -2.30. The van der Waals surface area contributed by atoms with E-state index in [-0.39, 0.29) is 0 Å². The van der Waals surface area contributed by atoms with Gasteiger partial charge < -0.3 is 0 Å². The van der Waals surface area contributed by atoms with Gasteiger partial charge in [-0.05, 0) is 0 Å². The molecule has 2 heterocycles. The summed E-state index contributed by atoms with van der Waals surface area (Å²) in [5.41, 5.74) is 0. The van der Waals surface area contributed by atoms with Crippen LogP contribution in [0.15, 0.2) is 0 Å². The lowest BCUT2D eigenvalue weighted by molar-refractivity contribution is 1.13. The fourth-order valence-electron chi connectivity index (χ4n) is 1.14. The van der Waals surface area contributed by atoms with Crippen LogP contribution in [-0.2, 0) is 0 Å². The summed E-state index contributed by atoms with van der Waals surface area (Å²) < 4.78 is 0.387. The van der Waals surface area contributed by atoms with Crippen LogP contribution in [0.4, 0.5) is 0 Å². The maximum atomic E-state index is 4.51. The molecule has 0 N–H and O–H groups in total. The van der Waals surface area contributed by atoms with E-state index in [1.165, 1.54) is 23.0 Å². The quantitative estimate of drug-likeness (QED) is 0.657. The molecular formula is C7H12S6. The van der Waals surface area contributed by atoms with Gasteiger partial charge in [-0.2, -0.15) is 25.3 Å². The molecule has 0 bridgehead atoms. The summed E-state index contributed by atoms with van der Waals surface area (Å²) in [6, 6.07) is 0. The molecule has 2 aliphatic rings. The SMILES string of the molecule is SC1CSC2(SC1)SCC(S)CS2. The van der Waals surface area contributed by atoms with Crippen molar-refractivity contribution in [2.75, 3.05) is 23.0 Å². The normalized spacial score (nSPS) is 46.6. The summed E-state index contributed by atoms with van der Waals surface area (Å²) in [6.45, 7) is 0. The smallest absolute Gasteiger partial charge is 0.153 e. The molecule has 76 valence electrons. The predicted octanol–water partition coefficient (Wildman–Crippen LogP) is 3.15. The second-order valence-corrected chi connectivity index (χ2v) is 11.0. The fraction of sp³-hybridized carbons (Fsp3) is 1.00. The summed E-state index contributed by atoms with van der Waals surface area (Å²) in [7, 11) is 0. The van der Waals surface area contributed by atoms with Gasteiger partial charge in [0.25, 0.3) is 0 Å². The van der Waals surface area contributed by atoms with Crippen molar-refractivity contribution in [1.29, 1.82) is 0 Å². The summed E-state index contributed by atoms with van der Waals surface area (Å²) >= 11 is 17.3. The van der Waals surface area contributed by atoms with Gasteiger partial charge >= 0.3 is 0 Å². The van der Waals surface area contributed by atoms with E-state index < -0.39 is 0 Å². The molecule has 0 amide bonds. The first-order valence-electron chi connectivity index (χ1n) is 4.12. The molecule has 0 radical (unpaired) electrons. The molecule has 0 aromatic rings.